The summed E-state index contributed by atoms with van der Waals surface area (Å²) in [5, 5.41) is -0.379. The van der Waals surface area contributed by atoms with Crippen molar-refractivity contribution < 1.29 is 26.0 Å². The van der Waals surface area contributed by atoms with Gasteiger partial charge in [0.1, 0.15) is 11.9 Å². The van der Waals surface area contributed by atoms with E-state index in [1.165, 1.54) is 36.5 Å². The SMILES string of the molecule is CC(C)(C)Cn1cc([C@H](NS(=O)(=O)C2CC2)C(F)(F)F)c2ccc(-c3c(F)cccc3Cl)cc21. The zero-order valence-corrected chi connectivity index (χ0v) is 20.5. The number of nitrogens with zero attached hydrogens (tertiary/aromatic N) is 1. The highest BCUT2D eigenvalue weighted by Gasteiger charge is 2.47. The van der Waals surface area contributed by atoms with Gasteiger partial charge in [0.15, 0.2) is 0 Å². The number of halogens is 5. The topological polar surface area (TPSA) is 51.1 Å². The monoisotopic (exact) mass is 516 g/mol. The Hall–Kier alpha value is -2.10. The second-order valence-electron chi connectivity index (χ2n) is 9.94. The lowest BCUT2D eigenvalue weighted by Gasteiger charge is -2.22. The molecule has 1 saturated carbocycles. The van der Waals surface area contributed by atoms with Crippen molar-refractivity contribution in [1.82, 2.24) is 9.29 Å². The summed E-state index contributed by atoms with van der Waals surface area (Å²) in [4.78, 5) is 0. The molecule has 0 aliphatic heterocycles. The van der Waals surface area contributed by atoms with E-state index in [1.54, 1.807) is 10.6 Å². The van der Waals surface area contributed by atoms with Gasteiger partial charge in [-0.2, -0.15) is 17.9 Å². The standard InChI is InChI=1S/C24H25ClF4N2O2S/c1-23(2,3)13-31-12-17(22(24(27,28)29)30-34(32,33)15-8-9-15)16-10-7-14(11-20(16)31)21-18(25)5-4-6-19(21)26/h4-7,10-12,15,22,30H,8-9,13H2,1-3H3/t22-/m0/s1. The molecule has 10 heteroatoms. The molecule has 3 aromatic rings. The fourth-order valence-electron chi connectivity index (χ4n) is 4.07. The van der Waals surface area contributed by atoms with Crippen molar-refractivity contribution in [2.45, 2.75) is 57.6 Å². The minimum atomic E-state index is -4.85. The van der Waals surface area contributed by atoms with Crippen LogP contribution in [0.25, 0.3) is 22.0 Å². The van der Waals surface area contributed by atoms with Gasteiger partial charge in [-0.1, -0.05) is 50.6 Å². The maximum absolute atomic E-state index is 14.5. The number of alkyl halides is 3. The summed E-state index contributed by atoms with van der Waals surface area (Å²) < 4.78 is 85.4. The van der Waals surface area contributed by atoms with Crippen LogP contribution in [0.4, 0.5) is 17.6 Å². The van der Waals surface area contributed by atoms with Gasteiger partial charge in [-0.05, 0) is 42.0 Å². The predicted molar refractivity (Wildman–Crippen MR) is 126 cm³/mol. The van der Waals surface area contributed by atoms with Crippen molar-refractivity contribution in [2.75, 3.05) is 0 Å². The number of fused-ring (bicyclic) bond motifs is 1. The molecule has 0 amide bonds. The number of nitrogens with one attached hydrogen (secondary N) is 1. The quantitative estimate of drug-likeness (QED) is 0.365. The summed E-state index contributed by atoms with van der Waals surface area (Å²) in [5.74, 6) is -0.550. The van der Waals surface area contributed by atoms with Gasteiger partial charge in [-0.25, -0.2) is 12.8 Å². The molecular weight excluding hydrogens is 492 g/mol. The van der Waals surface area contributed by atoms with E-state index in [4.69, 9.17) is 11.6 Å². The average Bonchev–Trinajstić information content (AvgIpc) is 3.50. The van der Waals surface area contributed by atoms with Crippen molar-refractivity contribution in [3.63, 3.8) is 0 Å². The summed E-state index contributed by atoms with van der Waals surface area (Å²) in [6.07, 6.45) is -2.82. The maximum Gasteiger partial charge on any atom is 0.408 e. The third-order valence-electron chi connectivity index (χ3n) is 5.69. The van der Waals surface area contributed by atoms with Gasteiger partial charge in [0, 0.05) is 34.8 Å². The Morgan fingerprint density at radius 1 is 1.15 bits per heavy atom. The van der Waals surface area contributed by atoms with Crippen molar-refractivity contribution in [3.05, 3.63) is 59.0 Å². The summed E-state index contributed by atoms with van der Waals surface area (Å²) in [5.41, 5.74) is 0.509. The van der Waals surface area contributed by atoms with Crippen LogP contribution in [0.15, 0.2) is 42.6 Å². The second kappa shape index (κ2) is 8.53. The van der Waals surface area contributed by atoms with Gasteiger partial charge < -0.3 is 4.57 Å². The van der Waals surface area contributed by atoms with E-state index in [0.29, 0.717) is 30.5 Å². The molecule has 0 bridgehead atoms. The first kappa shape index (κ1) is 25.0. The smallest absolute Gasteiger partial charge is 0.347 e. The molecule has 184 valence electrons. The molecule has 1 aliphatic rings. The van der Waals surface area contributed by atoms with Crippen molar-refractivity contribution in [2.24, 2.45) is 5.41 Å². The third kappa shape index (κ3) is 5.11. The highest BCUT2D eigenvalue weighted by atomic mass is 35.5. The van der Waals surface area contributed by atoms with Gasteiger partial charge in [0.05, 0.1) is 10.3 Å². The minimum absolute atomic E-state index is 0.151. The Labute approximate surface area is 201 Å². The summed E-state index contributed by atoms with van der Waals surface area (Å²) in [6, 6.07) is 6.43. The van der Waals surface area contributed by atoms with E-state index < -0.39 is 33.3 Å². The Kier molecular flexibility index (Phi) is 6.28. The summed E-state index contributed by atoms with van der Waals surface area (Å²) in [7, 11) is -4.12. The van der Waals surface area contributed by atoms with Crippen molar-refractivity contribution in [3.8, 4) is 11.1 Å². The molecule has 1 aliphatic carbocycles. The van der Waals surface area contributed by atoms with Crippen LogP contribution >= 0.6 is 11.6 Å². The molecule has 0 saturated heterocycles. The zero-order chi connectivity index (χ0) is 25.1. The molecular formula is C24H25ClF4N2O2S. The van der Waals surface area contributed by atoms with E-state index in [2.05, 4.69) is 0 Å². The largest absolute Gasteiger partial charge is 0.408 e. The lowest BCUT2D eigenvalue weighted by atomic mass is 9.96. The lowest BCUT2D eigenvalue weighted by molar-refractivity contribution is -0.152. The molecule has 0 unspecified atom stereocenters. The van der Waals surface area contributed by atoms with Crippen LogP contribution < -0.4 is 4.72 Å². The number of sulfonamides is 1. The predicted octanol–water partition coefficient (Wildman–Crippen LogP) is 6.83. The van der Waals surface area contributed by atoms with E-state index in [0.717, 1.165) is 0 Å². The second-order valence-corrected chi connectivity index (χ2v) is 12.3. The minimum Gasteiger partial charge on any atom is -0.347 e. The van der Waals surface area contributed by atoms with Crippen LogP contribution in [0.1, 0.15) is 45.2 Å². The number of aromatic nitrogens is 1. The molecule has 0 spiro atoms. The Morgan fingerprint density at radius 2 is 1.82 bits per heavy atom. The van der Waals surface area contributed by atoms with Gasteiger partial charge in [-0.15, -0.1) is 0 Å². The van der Waals surface area contributed by atoms with Crippen molar-refractivity contribution in [1.29, 1.82) is 0 Å². The fraction of sp³-hybridized carbons (Fsp3) is 0.417. The number of benzene rings is 2. The number of hydrogen-bond acceptors (Lipinski definition) is 2. The van der Waals surface area contributed by atoms with Crippen molar-refractivity contribution >= 4 is 32.5 Å². The first-order chi connectivity index (χ1) is 15.7. The number of rotatable bonds is 6. The van der Waals surface area contributed by atoms with Gasteiger partial charge in [-0.3, -0.25) is 0 Å². The molecule has 2 aromatic carbocycles. The van der Waals surface area contributed by atoms with E-state index in [1.807, 2.05) is 25.5 Å². The molecule has 1 atom stereocenters. The summed E-state index contributed by atoms with van der Waals surface area (Å²) >= 11 is 6.21. The van der Waals surface area contributed by atoms with Crippen LogP contribution in [0.2, 0.25) is 5.02 Å². The van der Waals surface area contributed by atoms with Crippen LogP contribution in [0, 0.1) is 11.2 Å². The normalized spacial score (nSPS) is 16.2. The third-order valence-corrected chi connectivity index (χ3v) is 7.92. The fourth-order valence-corrected chi connectivity index (χ4v) is 5.88. The summed E-state index contributed by atoms with van der Waals surface area (Å²) in [6.45, 7) is 6.17. The van der Waals surface area contributed by atoms with Gasteiger partial charge >= 0.3 is 6.18 Å². The van der Waals surface area contributed by atoms with Gasteiger partial charge in [0.25, 0.3) is 0 Å². The van der Waals surface area contributed by atoms with Crippen LogP contribution in [0.5, 0.6) is 0 Å². The molecule has 4 nitrogen and oxygen atoms in total. The van der Waals surface area contributed by atoms with Crippen LogP contribution in [-0.4, -0.2) is 24.4 Å². The molecule has 1 fully saturated rings. The highest BCUT2D eigenvalue weighted by molar-refractivity contribution is 7.90. The van der Waals surface area contributed by atoms with E-state index >= 15 is 0 Å². The first-order valence-corrected chi connectivity index (χ1v) is 12.7. The molecule has 4 rings (SSSR count). The maximum atomic E-state index is 14.5. The Bertz CT molecular complexity index is 1320. The average molecular weight is 517 g/mol. The lowest BCUT2D eigenvalue weighted by Crippen LogP contribution is -2.39. The molecule has 1 aromatic heterocycles. The van der Waals surface area contributed by atoms with Gasteiger partial charge in [0.2, 0.25) is 10.0 Å². The van der Waals surface area contributed by atoms with E-state index in [-0.39, 0.29) is 27.0 Å². The van der Waals surface area contributed by atoms with E-state index in [9.17, 15) is 26.0 Å². The molecule has 1 heterocycles. The number of hydrogen-bond donors (Lipinski definition) is 1. The zero-order valence-electron chi connectivity index (χ0n) is 18.9. The Morgan fingerprint density at radius 3 is 2.38 bits per heavy atom. The Balaban J connectivity index is 1.91. The first-order valence-electron chi connectivity index (χ1n) is 10.8. The highest BCUT2D eigenvalue weighted by Crippen LogP contribution is 2.42. The van der Waals surface area contributed by atoms with Crippen LogP contribution in [0.3, 0.4) is 0 Å². The molecule has 34 heavy (non-hydrogen) atoms. The molecule has 1 N–H and O–H groups in total. The van der Waals surface area contributed by atoms with Crippen LogP contribution in [-0.2, 0) is 16.6 Å². The molecule has 0 radical (unpaired) electrons.